The van der Waals surface area contributed by atoms with Gasteiger partial charge < -0.3 is 9.80 Å². The van der Waals surface area contributed by atoms with Gasteiger partial charge in [0, 0.05) is 50.5 Å². The lowest BCUT2D eigenvalue weighted by atomic mass is 9.97. The van der Waals surface area contributed by atoms with Crippen LogP contribution in [0.3, 0.4) is 0 Å². The van der Waals surface area contributed by atoms with E-state index in [1.807, 2.05) is 29.2 Å². The molecule has 1 atom stereocenters. The van der Waals surface area contributed by atoms with Crippen molar-refractivity contribution in [1.29, 1.82) is 0 Å². The first kappa shape index (κ1) is 23.4. The molecule has 4 rings (SSSR count). The molecule has 7 nitrogen and oxygen atoms in total. The van der Waals surface area contributed by atoms with Gasteiger partial charge in [0.05, 0.1) is 9.70 Å². The fourth-order valence-corrected chi connectivity index (χ4v) is 7.96. The second-order valence-corrected chi connectivity index (χ2v) is 12.8. The average molecular weight is 541 g/mol. The van der Waals surface area contributed by atoms with Gasteiger partial charge >= 0.3 is 0 Å². The van der Waals surface area contributed by atoms with Crippen LogP contribution in [-0.4, -0.2) is 68.6 Å². The number of Topliss-reactive ketones (excluding diaryl/α,β-unsaturated/α-hetero) is 1. The molecule has 2 saturated heterocycles. The zero-order valence-corrected chi connectivity index (χ0v) is 21.1. The summed E-state index contributed by atoms with van der Waals surface area (Å²) in [6, 6.07) is 10.9. The maximum Gasteiger partial charge on any atom is 0.252 e. The van der Waals surface area contributed by atoms with Crippen LogP contribution in [-0.2, 0) is 14.8 Å². The molecule has 2 aromatic rings. The molecular weight excluding hydrogens is 514 g/mol. The number of rotatable bonds is 5. The van der Waals surface area contributed by atoms with Crippen LogP contribution in [0.1, 0.15) is 30.1 Å². The third-order valence-electron chi connectivity index (χ3n) is 6.11. The molecule has 0 spiro atoms. The molecule has 2 aliphatic heterocycles. The number of thiophene rings is 1. The fraction of sp³-hybridized carbons (Fsp3) is 0.455. The normalized spacial score (nSPS) is 20.4. The van der Waals surface area contributed by atoms with Crippen LogP contribution < -0.4 is 4.90 Å². The van der Waals surface area contributed by atoms with Crippen LogP contribution in [0.15, 0.2) is 44.4 Å². The van der Waals surface area contributed by atoms with Gasteiger partial charge in [0.25, 0.3) is 10.0 Å². The van der Waals surface area contributed by atoms with E-state index >= 15 is 0 Å². The number of ketones is 1. The number of benzene rings is 1. The second kappa shape index (κ2) is 9.62. The summed E-state index contributed by atoms with van der Waals surface area (Å²) in [7, 11) is -3.57. The highest BCUT2D eigenvalue weighted by Gasteiger charge is 2.36. The van der Waals surface area contributed by atoms with E-state index < -0.39 is 10.0 Å². The van der Waals surface area contributed by atoms with Gasteiger partial charge in [-0.15, -0.1) is 11.3 Å². The molecule has 0 unspecified atom stereocenters. The lowest BCUT2D eigenvalue weighted by Gasteiger charge is -2.39. The van der Waals surface area contributed by atoms with Crippen LogP contribution in [0.25, 0.3) is 0 Å². The van der Waals surface area contributed by atoms with Crippen molar-refractivity contribution in [2.75, 3.05) is 44.2 Å². The van der Waals surface area contributed by atoms with E-state index in [1.165, 1.54) is 15.6 Å². The van der Waals surface area contributed by atoms with Crippen LogP contribution in [0.4, 0.5) is 5.69 Å². The Bertz CT molecular complexity index is 1090. The number of carbonyl (C=O) groups is 2. The van der Waals surface area contributed by atoms with Gasteiger partial charge in [-0.25, -0.2) is 8.42 Å². The van der Waals surface area contributed by atoms with Crippen LogP contribution in [0, 0.1) is 5.92 Å². The number of piperidine rings is 1. The minimum absolute atomic E-state index is 0.0437. The molecule has 172 valence electrons. The molecule has 2 fully saturated rings. The highest BCUT2D eigenvalue weighted by Crippen LogP contribution is 2.31. The van der Waals surface area contributed by atoms with Crippen molar-refractivity contribution >= 4 is 54.7 Å². The maximum atomic E-state index is 13.2. The molecule has 10 heteroatoms. The molecule has 0 saturated carbocycles. The van der Waals surface area contributed by atoms with Gasteiger partial charge in [-0.05, 0) is 72.1 Å². The van der Waals surface area contributed by atoms with Gasteiger partial charge in [0.2, 0.25) is 5.91 Å². The van der Waals surface area contributed by atoms with Crippen molar-refractivity contribution in [2.45, 2.75) is 24.0 Å². The van der Waals surface area contributed by atoms with Gasteiger partial charge in [0.1, 0.15) is 4.21 Å². The van der Waals surface area contributed by atoms with E-state index in [4.69, 9.17) is 0 Å². The lowest BCUT2D eigenvalue weighted by Crippen LogP contribution is -2.53. The SMILES string of the molecule is CC(=O)c1ccc(N2CCN(C(=O)[C@H]3CCCN(S(=O)(=O)c4ccc(Br)s4)C3)CC2)cc1. The number of sulfonamides is 1. The van der Waals surface area contributed by atoms with Gasteiger partial charge in [-0.2, -0.15) is 4.31 Å². The number of hydrogen-bond donors (Lipinski definition) is 0. The Hall–Kier alpha value is -1.75. The summed E-state index contributed by atoms with van der Waals surface area (Å²) in [5.74, 6) is -0.214. The van der Waals surface area contributed by atoms with Crippen LogP contribution in [0.2, 0.25) is 0 Å². The van der Waals surface area contributed by atoms with E-state index in [2.05, 4.69) is 20.8 Å². The summed E-state index contributed by atoms with van der Waals surface area (Å²) in [5.41, 5.74) is 1.73. The number of amides is 1. The minimum atomic E-state index is -3.57. The zero-order chi connectivity index (χ0) is 22.9. The average Bonchev–Trinajstić information content (AvgIpc) is 3.26. The van der Waals surface area contributed by atoms with E-state index in [0.29, 0.717) is 55.3 Å². The molecule has 1 amide bonds. The largest absolute Gasteiger partial charge is 0.368 e. The molecule has 3 heterocycles. The minimum Gasteiger partial charge on any atom is -0.368 e. The van der Waals surface area contributed by atoms with E-state index in [1.54, 1.807) is 19.1 Å². The number of carbonyl (C=O) groups excluding carboxylic acids is 2. The van der Waals surface area contributed by atoms with E-state index in [9.17, 15) is 18.0 Å². The predicted molar refractivity (Wildman–Crippen MR) is 129 cm³/mol. The Morgan fingerprint density at radius 1 is 1.00 bits per heavy atom. The number of anilines is 1. The quantitative estimate of drug-likeness (QED) is 0.543. The first-order valence-corrected chi connectivity index (χ1v) is 13.7. The molecule has 32 heavy (non-hydrogen) atoms. The number of hydrogen-bond acceptors (Lipinski definition) is 6. The molecule has 0 bridgehead atoms. The molecule has 1 aromatic carbocycles. The molecule has 0 aliphatic carbocycles. The third kappa shape index (κ3) is 4.93. The van der Waals surface area contributed by atoms with Gasteiger partial charge in [0.15, 0.2) is 5.78 Å². The topological polar surface area (TPSA) is 78.0 Å². The lowest BCUT2D eigenvalue weighted by molar-refractivity contribution is -0.137. The monoisotopic (exact) mass is 539 g/mol. The molecule has 2 aliphatic rings. The third-order valence-corrected chi connectivity index (χ3v) is 10.1. The van der Waals surface area contributed by atoms with Crippen LogP contribution >= 0.6 is 27.3 Å². The summed E-state index contributed by atoms with van der Waals surface area (Å²) >= 11 is 4.52. The van der Waals surface area contributed by atoms with Gasteiger partial charge in [-0.3, -0.25) is 9.59 Å². The standard InChI is InChI=1S/C22H26BrN3O4S2/c1-16(27)17-4-6-19(7-5-17)24-11-13-25(14-12-24)22(28)18-3-2-10-26(15-18)32(29,30)21-9-8-20(23)31-21/h4-9,18H,2-3,10-15H2,1H3/t18-/m0/s1. The second-order valence-electron chi connectivity index (χ2n) is 8.18. The van der Waals surface area contributed by atoms with Crippen molar-refractivity contribution in [3.63, 3.8) is 0 Å². The Morgan fingerprint density at radius 2 is 1.69 bits per heavy atom. The fourth-order valence-electron chi connectivity index (χ4n) is 4.28. The number of halogens is 1. The highest BCUT2D eigenvalue weighted by molar-refractivity contribution is 9.11. The molecule has 0 radical (unpaired) electrons. The Morgan fingerprint density at radius 3 is 2.28 bits per heavy atom. The smallest absolute Gasteiger partial charge is 0.252 e. The summed E-state index contributed by atoms with van der Waals surface area (Å²) < 4.78 is 28.5. The van der Waals surface area contributed by atoms with Crippen molar-refractivity contribution in [2.24, 2.45) is 5.92 Å². The van der Waals surface area contributed by atoms with E-state index in [0.717, 1.165) is 9.47 Å². The summed E-state index contributed by atoms with van der Waals surface area (Å²) in [6.07, 6.45) is 1.40. The van der Waals surface area contributed by atoms with E-state index in [-0.39, 0.29) is 24.2 Å². The maximum absolute atomic E-state index is 13.2. The molecule has 1 aromatic heterocycles. The molecular formula is C22H26BrN3O4S2. The number of nitrogens with zero attached hydrogens (tertiary/aromatic N) is 3. The van der Waals surface area contributed by atoms with Crippen molar-refractivity contribution < 1.29 is 18.0 Å². The van der Waals surface area contributed by atoms with Crippen molar-refractivity contribution in [1.82, 2.24) is 9.21 Å². The van der Waals surface area contributed by atoms with Crippen LogP contribution in [0.5, 0.6) is 0 Å². The first-order valence-electron chi connectivity index (χ1n) is 10.7. The summed E-state index contributed by atoms with van der Waals surface area (Å²) in [4.78, 5) is 28.7. The first-order chi connectivity index (χ1) is 15.3. The van der Waals surface area contributed by atoms with Gasteiger partial charge in [-0.1, -0.05) is 0 Å². The number of piperazine rings is 1. The van der Waals surface area contributed by atoms with Crippen molar-refractivity contribution in [3.05, 3.63) is 45.7 Å². The molecule has 0 N–H and O–H groups in total. The Kier molecular flexibility index (Phi) is 7.04. The zero-order valence-electron chi connectivity index (χ0n) is 17.9. The Balaban J connectivity index is 1.36. The van der Waals surface area contributed by atoms with Crippen molar-refractivity contribution in [3.8, 4) is 0 Å². The predicted octanol–water partition coefficient (Wildman–Crippen LogP) is 3.46. The summed E-state index contributed by atoms with van der Waals surface area (Å²) in [5, 5.41) is 0. The highest BCUT2D eigenvalue weighted by atomic mass is 79.9. The summed E-state index contributed by atoms with van der Waals surface area (Å²) in [6.45, 7) is 4.88. The Labute approximate surface area is 201 Å².